The van der Waals surface area contributed by atoms with E-state index in [0.717, 1.165) is 11.8 Å². The third kappa shape index (κ3) is 10.1. The van der Waals surface area contributed by atoms with Crippen molar-refractivity contribution < 1.29 is 4.79 Å². The maximum Gasteiger partial charge on any atom is 0.238 e. The summed E-state index contributed by atoms with van der Waals surface area (Å²) in [4.78, 5) is 15.2. The lowest BCUT2D eigenvalue weighted by atomic mass is 10.0. The summed E-state index contributed by atoms with van der Waals surface area (Å²) in [6.45, 7) is 8.00. The Morgan fingerprint density at radius 1 is 1.37 bits per heavy atom. The highest BCUT2D eigenvalue weighted by molar-refractivity contribution is 9.10. The standard InChI is InChI=1S/C9H9BBr2N2O.2C2H6/c10-8-2-1-6(5-13-8)14-9(15)7(12)3-4-11;2*1-2/h1-2,5,7H,3-4H2,(H,14,15);2*1-2H3. The van der Waals surface area contributed by atoms with Gasteiger partial charge in [-0.2, -0.15) is 0 Å². The number of hydrogen-bond acceptors (Lipinski definition) is 2. The SMILES string of the molecule is CC.CC.[B]c1ccc(NC(=O)C(Br)CCBr)cn1. The van der Waals surface area contributed by atoms with Crippen LogP contribution in [0.4, 0.5) is 5.69 Å². The van der Waals surface area contributed by atoms with Crippen LogP contribution < -0.4 is 10.9 Å². The van der Waals surface area contributed by atoms with Crippen molar-refractivity contribution in [3.05, 3.63) is 18.3 Å². The van der Waals surface area contributed by atoms with Crippen molar-refractivity contribution in [2.45, 2.75) is 38.9 Å². The number of rotatable bonds is 4. The van der Waals surface area contributed by atoms with Crippen LogP contribution >= 0.6 is 31.9 Å². The zero-order valence-corrected chi connectivity index (χ0v) is 15.1. The number of anilines is 1. The molecule has 0 aliphatic heterocycles. The van der Waals surface area contributed by atoms with Crippen molar-refractivity contribution in [3.8, 4) is 0 Å². The predicted molar refractivity (Wildman–Crippen MR) is 92.1 cm³/mol. The van der Waals surface area contributed by atoms with Gasteiger partial charge in [-0.15, -0.1) is 0 Å². The minimum Gasteiger partial charge on any atom is -0.324 e. The molecule has 0 spiro atoms. The fourth-order valence-corrected chi connectivity index (χ4v) is 2.34. The van der Waals surface area contributed by atoms with Gasteiger partial charge in [-0.05, 0) is 24.1 Å². The third-order valence-corrected chi connectivity index (χ3v) is 3.03. The topological polar surface area (TPSA) is 42.0 Å². The lowest BCUT2D eigenvalue weighted by Gasteiger charge is -2.09. The molecule has 106 valence electrons. The number of carbonyl (C=O) groups excluding carboxylic acids is 1. The molecule has 1 rings (SSSR count). The highest BCUT2D eigenvalue weighted by Gasteiger charge is 2.13. The van der Waals surface area contributed by atoms with Crippen molar-refractivity contribution in [1.82, 2.24) is 4.98 Å². The zero-order valence-electron chi connectivity index (χ0n) is 11.9. The minimum absolute atomic E-state index is 0.0824. The number of nitrogens with zero attached hydrogens (tertiary/aromatic N) is 1. The Balaban J connectivity index is 0. The molecule has 1 aromatic rings. The summed E-state index contributed by atoms with van der Waals surface area (Å²) in [5.41, 5.74) is 1.08. The summed E-state index contributed by atoms with van der Waals surface area (Å²) >= 11 is 6.56. The molecule has 1 heterocycles. The highest BCUT2D eigenvalue weighted by atomic mass is 79.9. The van der Waals surface area contributed by atoms with E-state index in [4.69, 9.17) is 7.85 Å². The van der Waals surface area contributed by atoms with Crippen LogP contribution in [0.5, 0.6) is 0 Å². The van der Waals surface area contributed by atoms with Crippen molar-refractivity contribution in [3.63, 3.8) is 0 Å². The molecule has 1 atom stereocenters. The smallest absolute Gasteiger partial charge is 0.238 e. The normalized spacial score (nSPS) is 10.2. The van der Waals surface area contributed by atoms with E-state index < -0.39 is 0 Å². The van der Waals surface area contributed by atoms with E-state index in [-0.39, 0.29) is 10.7 Å². The van der Waals surface area contributed by atoms with Crippen LogP contribution in [0.25, 0.3) is 0 Å². The number of hydrogen-bond donors (Lipinski definition) is 1. The van der Waals surface area contributed by atoms with E-state index in [1.165, 1.54) is 6.20 Å². The summed E-state index contributed by atoms with van der Waals surface area (Å²) in [5.74, 6) is -0.0824. The van der Waals surface area contributed by atoms with Crippen molar-refractivity contribution in [2.24, 2.45) is 0 Å². The molecule has 0 saturated heterocycles. The van der Waals surface area contributed by atoms with Crippen molar-refractivity contribution >= 4 is 56.9 Å². The Morgan fingerprint density at radius 2 is 1.95 bits per heavy atom. The molecule has 1 aromatic heterocycles. The van der Waals surface area contributed by atoms with E-state index in [9.17, 15) is 4.79 Å². The fourth-order valence-electron chi connectivity index (χ4n) is 0.927. The Bertz CT molecular complexity index is 334. The maximum absolute atomic E-state index is 11.5. The Morgan fingerprint density at radius 3 is 2.37 bits per heavy atom. The maximum atomic E-state index is 11.5. The largest absolute Gasteiger partial charge is 0.324 e. The van der Waals surface area contributed by atoms with Gasteiger partial charge in [-0.3, -0.25) is 9.78 Å². The lowest BCUT2D eigenvalue weighted by Crippen LogP contribution is -2.23. The molecule has 0 bridgehead atoms. The Labute approximate surface area is 134 Å². The number of nitrogens with one attached hydrogen (secondary N) is 1. The Kier molecular flexibility index (Phi) is 15.5. The molecule has 0 fully saturated rings. The summed E-state index contributed by atoms with van der Waals surface area (Å²) in [5, 5.41) is 3.50. The number of aromatic nitrogens is 1. The van der Waals surface area contributed by atoms with Gasteiger partial charge in [0.05, 0.1) is 10.5 Å². The highest BCUT2D eigenvalue weighted by Crippen LogP contribution is 2.11. The first-order valence-corrected chi connectivity index (χ1v) is 8.39. The van der Waals surface area contributed by atoms with E-state index in [0.29, 0.717) is 11.3 Å². The summed E-state index contributed by atoms with van der Waals surface area (Å²) in [6, 6.07) is 3.36. The molecular formula is C13H21BBr2N2O. The molecule has 0 aliphatic carbocycles. The number of halogens is 2. The molecular weight excluding hydrogens is 371 g/mol. The minimum atomic E-state index is -0.200. The molecule has 19 heavy (non-hydrogen) atoms. The summed E-state index contributed by atoms with van der Waals surface area (Å²) in [7, 11) is 5.43. The second-order valence-electron chi connectivity index (χ2n) is 2.91. The van der Waals surface area contributed by atoms with E-state index in [2.05, 4.69) is 42.2 Å². The van der Waals surface area contributed by atoms with Gasteiger partial charge in [-0.1, -0.05) is 59.6 Å². The van der Waals surface area contributed by atoms with Gasteiger partial charge < -0.3 is 5.32 Å². The van der Waals surface area contributed by atoms with E-state index >= 15 is 0 Å². The number of amides is 1. The van der Waals surface area contributed by atoms with Gasteiger partial charge in [-0.25, -0.2) is 0 Å². The predicted octanol–water partition coefficient (Wildman–Crippen LogP) is 3.41. The first-order chi connectivity index (χ1) is 9.13. The quantitative estimate of drug-likeness (QED) is 0.631. The van der Waals surface area contributed by atoms with Crippen LogP contribution in [0.3, 0.4) is 0 Å². The van der Waals surface area contributed by atoms with Gasteiger partial charge >= 0.3 is 0 Å². The first-order valence-electron chi connectivity index (χ1n) is 6.36. The molecule has 2 radical (unpaired) electrons. The van der Waals surface area contributed by atoms with Crippen molar-refractivity contribution in [2.75, 3.05) is 10.6 Å². The molecule has 1 N–H and O–H groups in total. The second-order valence-corrected chi connectivity index (χ2v) is 4.80. The van der Waals surface area contributed by atoms with Crippen LogP contribution in [0.15, 0.2) is 18.3 Å². The van der Waals surface area contributed by atoms with Gasteiger partial charge in [0, 0.05) is 11.5 Å². The van der Waals surface area contributed by atoms with Gasteiger partial charge in [0.1, 0.15) is 7.85 Å². The van der Waals surface area contributed by atoms with Gasteiger partial charge in [0.2, 0.25) is 5.91 Å². The molecule has 3 nitrogen and oxygen atoms in total. The van der Waals surface area contributed by atoms with Crippen LogP contribution in [0, 0.1) is 0 Å². The average molecular weight is 392 g/mol. The Hall–Kier alpha value is -0.355. The van der Waals surface area contributed by atoms with Gasteiger partial charge in [0.15, 0.2) is 0 Å². The molecule has 1 amide bonds. The van der Waals surface area contributed by atoms with Crippen molar-refractivity contribution in [1.29, 1.82) is 0 Å². The fraction of sp³-hybridized carbons (Fsp3) is 0.538. The van der Waals surface area contributed by atoms with Crippen LogP contribution in [0.1, 0.15) is 34.1 Å². The summed E-state index contributed by atoms with van der Waals surface area (Å²) in [6.07, 6.45) is 2.26. The second kappa shape index (κ2) is 14.1. The molecule has 1 unspecified atom stereocenters. The molecule has 0 aromatic carbocycles. The van der Waals surface area contributed by atoms with E-state index in [1.807, 2.05) is 27.7 Å². The molecule has 0 aliphatic rings. The molecule has 6 heteroatoms. The summed E-state index contributed by atoms with van der Waals surface area (Å²) < 4.78 is 0. The third-order valence-electron chi connectivity index (χ3n) is 1.70. The van der Waals surface area contributed by atoms with Gasteiger partial charge in [0.25, 0.3) is 0 Å². The number of alkyl halides is 2. The van der Waals surface area contributed by atoms with E-state index in [1.54, 1.807) is 12.1 Å². The average Bonchev–Trinajstić information content (AvgIpc) is 2.46. The number of carbonyl (C=O) groups is 1. The van der Waals surface area contributed by atoms with Crippen LogP contribution in [-0.4, -0.2) is 28.9 Å². The monoisotopic (exact) mass is 390 g/mol. The lowest BCUT2D eigenvalue weighted by molar-refractivity contribution is -0.115. The van der Waals surface area contributed by atoms with Crippen LogP contribution in [0.2, 0.25) is 0 Å². The zero-order chi connectivity index (χ0) is 15.3. The number of pyridine rings is 1. The first kappa shape index (κ1) is 21.0. The van der Waals surface area contributed by atoms with Crippen LogP contribution in [-0.2, 0) is 4.79 Å². The molecule has 0 saturated carbocycles.